The van der Waals surface area contributed by atoms with Crippen LogP contribution in [0.2, 0.25) is 18.1 Å². The van der Waals surface area contributed by atoms with Crippen LogP contribution in [0.4, 0.5) is 0 Å². The van der Waals surface area contributed by atoms with E-state index in [0.717, 1.165) is 13.0 Å². The monoisotopic (exact) mass is 326 g/mol. The molecule has 3 rings (SSSR count). The second-order valence-electron chi connectivity index (χ2n) is 8.37. The van der Waals surface area contributed by atoms with Gasteiger partial charge in [0.1, 0.15) is 12.2 Å². The maximum Gasteiger partial charge on any atom is 0.192 e. The molecule has 0 radical (unpaired) electrons. The van der Waals surface area contributed by atoms with Gasteiger partial charge in [-0.05, 0) is 18.1 Å². The first-order valence-corrected chi connectivity index (χ1v) is 11.3. The molecule has 0 N–H and O–H groups in total. The fraction of sp³-hybridized carbons (Fsp3) is 0.882. The van der Waals surface area contributed by atoms with E-state index in [4.69, 9.17) is 18.6 Å². The molecule has 6 atom stereocenters. The summed E-state index contributed by atoms with van der Waals surface area (Å²) in [6, 6.07) is 0. The van der Waals surface area contributed by atoms with Gasteiger partial charge in [0.25, 0.3) is 0 Å². The summed E-state index contributed by atoms with van der Waals surface area (Å²) in [6.07, 6.45) is 2.99. The van der Waals surface area contributed by atoms with Gasteiger partial charge in [-0.1, -0.05) is 26.8 Å². The number of ether oxygens (including phenoxy) is 3. The van der Waals surface area contributed by atoms with Crippen molar-refractivity contribution in [3.05, 3.63) is 12.7 Å². The van der Waals surface area contributed by atoms with Gasteiger partial charge in [0.05, 0.1) is 19.3 Å². The topological polar surface area (TPSA) is 36.9 Å². The highest BCUT2D eigenvalue weighted by atomic mass is 28.4. The quantitative estimate of drug-likeness (QED) is 0.586. The molecule has 5 heteroatoms. The summed E-state index contributed by atoms with van der Waals surface area (Å²) < 4.78 is 24.5. The molecule has 0 saturated carbocycles. The first-order chi connectivity index (χ1) is 10.2. The van der Waals surface area contributed by atoms with Crippen LogP contribution in [0.3, 0.4) is 0 Å². The Bertz CT molecular complexity index is 431. The highest BCUT2D eigenvalue weighted by Crippen LogP contribution is 2.45. The fourth-order valence-electron chi connectivity index (χ4n) is 3.43. The van der Waals surface area contributed by atoms with E-state index in [2.05, 4.69) is 40.4 Å². The largest absolute Gasteiger partial charge is 0.414 e. The van der Waals surface area contributed by atoms with Crippen molar-refractivity contribution in [1.29, 1.82) is 0 Å². The summed E-state index contributed by atoms with van der Waals surface area (Å²) in [6.45, 7) is 16.6. The summed E-state index contributed by atoms with van der Waals surface area (Å²) in [5, 5.41) is 0.210. The zero-order valence-corrected chi connectivity index (χ0v) is 15.5. The maximum absolute atomic E-state index is 6.35. The van der Waals surface area contributed by atoms with Gasteiger partial charge in [-0.15, -0.1) is 6.58 Å². The molecular weight excluding hydrogens is 296 g/mol. The maximum atomic E-state index is 6.35. The normalized spacial score (nSPS) is 41.5. The molecule has 0 amide bonds. The second kappa shape index (κ2) is 5.71. The lowest BCUT2D eigenvalue weighted by Gasteiger charge is -2.37. The summed E-state index contributed by atoms with van der Waals surface area (Å²) in [5.74, 6) is 0.918. The van der Waals surface area contributed by atoms with Crippen LogP contribution in [0.5, 0.6) is 0 Å². The van der Waals surface area contributed by atoms with Crippen LogP contribution in [-0.4, -0.2) is 46.1 Å². The summed E-state index contributed by atoms with van der Waals surface area (Å²) in [4.78, 5) is 0. The van der Waals surface area contributed by atoms with Gasteiger partial charge in [-0.2, -0.15) is 0 Å². The number of hydrogen-bond acceptors (Lipinski definition) is 4. The molecule has 2 bridgehead atoms. The molecule has 0 aromatic heterocycles. The number of rotatable bonds is 4. The Morgan fingerprint density at radius 3 is 2.59 bits per heavy atom. The van der Waals surface area contributed by atoms with E-state index in [1.54, 1.807) is 0 Å². The van der Waals surface area contributed by atoms with Crippen LogP contribution in [-0.2, 0) is 18.6 Å². The van der Waals surface area contributed by atoms with Gasteiger partial charge >= 0.3 is 0 Å². The average Bonchev–Trinajstić information content (AvgIpc) is 2.98. The van der Waals surface area contributed by atoms with Gasteiger partial charge in [0.2, 0.25) is 0 Å². The lowest BCUT2D eigenvalue weighted by molar-refractivity contribution is -0.136. The molecule has 3 aliphatic rings. The van der Waals surface area contributed by atoms with Crippen molar-refractivity contribution < 1.29 is 18.6 Å². The Balaban J connectivity index is 1.64. The van der Waals surface area contributed by atoms with Crippen molar-refractivity contribution in [2.75, 3.05) is 13.2 Å². The SMILES string of the molecule is C=C[C@H]1CO[C@@H]2[C@H]1C[C@@H]1O[C@H]2[C@@H](CO[Si](C)(C)C(C)(C)C)O1. The van der Waals surface area contributed by atoms with Crippen LogP contribution in [0, 0.1) is 11.8 Å². The Morgan fingerprint density at radius 2 is 1.95 bits per heavy atom. The van der Waals surface area contributed by atoms with Gasteiger partial charge in [-0.3, -0.25) is 0 Å². The van der Waals surface area contributed by atoms with Gasteiger partial charge in [-0.25, -0.2) is 0 Å². The lowest BCUT2D eigenvalue weighted by Crippen LogP contribution is -2.47. The third-order valence-corrected chi connectivity index (χ3v) is 10.5. The fourth-order valence-corrected chi connectivity index (χ4v) is 4.45. The van der Waals surface area contributed by atoms with E-state index >= 15 is 0 Å². The Hall–Kier alpha value is -0.203. The van der Waals surface area contributed by atoms with Crippen LogP contribution in [0.1, 0.15) is 27.2 Å². The van der Waals surface area contributed by atoms with Gasteiger partial charge in [0, 0.05) is 18.3 Å². The Morgan fingerprint density at radius 1 is 1.23 bits per heavy atom. The highest BCUT2D eigenvalue weighted by molar-refractivity contribution is 6.74. The lowest BCUT2D eigenvalue weighted by atomic mass is 9.83. The smallest absolute Gasteiger partial charge is 0.192 e. The molecule has 0 aromatic rings. The predicted molar refractivity (Wildman–Crippen MR) is 88.2 cm³/mol. The molecule has 3 aliphatic heterocycles. The molecular formula is C17H30O4Si. The Labute approximate surface area is 135 Å². The van der Waals surface area contributed by atoms with Crippen molar-refractivity contribution in [2.24, 2.45) is 11.8 Å². The molecule has 126 valence electrons. The van der Waals surface area contributed by atoms with Crippen LogP contribution in [0.25, 0.3) is 0 Å². The molecule has 0 aromatic carbocycles. The van der Waals surface area contributed by atoms with Crippen molar-refractivity contribution >= 4 is 8.32 Å². The van der Waals surface area contributed by atoms with Crippen LogP contribution < -0.4 is 0 Å². The molecule has 3 saturated heterocycles. The third kappa shape index (κ3) is 2.82. The Kier molecular flexibility index (Phi) is 4.32. The number of fused-ring (bicyclic) bond motifs is 4. The average molecular weight is 327 g/mol. The van der Waals surface area contributed by atoms with E-state index in [0.29, 0.717) is 18.4 Å². The molecule has 4 nitrogen and oxygen atoms in total. The van der Waals surface area contributed by atoms with Gasteiger partial charge < -0.3 is 18.6 Å². The standard InChI is InChI=1S/C17H30O4Si/c1-7-11-9-18-15-12(11)8-14-20-13(16(15)21-14)10-19-22(5,6)17(2,3)4/h7,11-16H,1,8-10H2,2-6H3/t11-,12-,13+,14-,15+,16-/m0/s1. The van der Waals surface area contributed by atoms with E-state index in [1.165, 1.54) is 0 Å². The molecule has 3 heterocycles. The van der Waals surface area contributed by atoms with Crippen LogP contribution in [0.15, 0.2) is 12.7 Å². The third-order valence-electron chi connectivity index (χ3n) is 5.96. The van der Waals surface area contributed by atoms with Crippen molar-refractivity contribution in [1.82, 2.24) is 0 Å². The van der Waals surface area contributed by atoms with E-state index < -0.39 is 8.32 Å². The summed E-state index contributed by atoms with van der Waals surface area (Å²) in [7, 11) is -1.76. The first-order valence-electron chi connectivity index (χ1n) is 8.42. The first kappa shape index (κ1) is 16.6. The zero-order chi connectivity index (χ0) is 16.1. The van der Waals surface area contributed by atoms with E-state index in [1.807, 2.05) is 6.08 Å². The molecule has 22 heavy (non-hydrogen) atoms. The minimum atomic E-state index is -1.76. The predicted octanol–water partition coefficient (Wildman–Crippen LogP) is 3.34. The minimum Gasteiger partial charge on any atom is -0.414 e. The number of hydrogen-bond donors (Lipinski definition) is 0. The van der Waals surface area contributed by atoms with E-state index in [9.17, 15) is 0 Å². The van der Waals surface area contributed by atoms with Gasteiger partial charge in [0.15, 0.2) is 14.6 Å². The highest BCUT2D eigenvalue weighted by Gasteiger charge is 2.54. The molecule has 0 unspecified atom stereocenters. The molecule has 0 spiro atoms. The summed E-state index contributed by atoms with van der Waals surface area (Å²) >= 11 is 0. The molecule has 3 fully saturated rings. The van der Waals surface area contributed by atoms with Crippen LogP contribution >= 0.6 is 0 Å². The second-order valence-corrected chi connectivity index (χ2v) is 13.2. The van der Waals surface area contributed by atoms with Crippen molar-refractivity contribution in [3.8, 4) is 0 Å². The van der Waals surface area contributed by atoms with Crippen molar-refractivity contribution in [2.45, 2.75) is 69.9 Å². The van der Waals surface area contributed by atoms with E-state index in [-0.39, 0.29) is 29.6 Å². The molecule has 0 aliphatic carbocycles. The summed E-state index contributed by atoms with van der Waals surface area (Å²) in [5.41, 5.74) is 0. The van der Waals surface area contributed by atoms with Crippen molar-refractivity contribution in [3.63, 3.8) is 0 Å². The minimum absolute atomic E-state index is 0.00214. The zero-order valence-electron chi connectivity index (χ0n) is 14.5.